The van der Waals surface area contributed by atoms with Crippen molar-refractivity contribution in [2.45, 2.75) is 6.92 Å². The molecule has 2 aromatic rings. The Bertz CT molecular complexity index is 920. The van der Waals surface area contributed by atoms with E-state index in [2.05, 4.69) is 4.72 Å². The minimum atomic E-state index is -3.62. The van der Waals surface area contributed by atoms with Crippen LogP contribution >= 0.6 is 11.6 Å². The van der Waals surface area contributed by atoms with Crippen LogP contribution in [0, 0.1) is 6.92 Å². The molecule has 2 N–H and O–H groups in total. The van der Waals surface area contributed by atoms with Gasteiger partial charge in [-0.05, 0) is 24.6 Å². The smallest absolute Gasteiger partial charge is 0.229 e. The highest BCUT2D eigenvalue weighted by Crippen LogP contribution is 2.52. The standard InChI is InChI=1S/C17H20ClNO6S/c1-9-6-10(18)7-12(20)14(9)15-11(19-26(5,21)22)8-13(23-2)16(24-3)17(15)25-4/h6-8,19-20H,1-5H3. The first kappa shape index (κ1) is 20.0. The Morgan fingerprint density at radius 3 is 2.08 bits per heavy atom. The summed E-state index contributed by atoms with van der Waals surface area (Å²) in [6, 6.07) is 4.48. The van der Waals surface area contributed by atoms with Gasteiger partial charge in [0.15, 0.2) is 11.5 Å². The van der Waals surface area contributed by atoms with E-state index >= 15 is 0 Å². The van der Waals surface area contributed by atoms with Crippen molar-refractivity contribution in [2.75, 3.05) is 32.3 Å². The Morgan fingerprint density at radius 1 is 1.00 bits per heavy atom. The van der Waals surface area contributed by atoms with E-state index in [0.717, 1.165) is 6.26 Å². The number of anilines is 1. The zero-order valence-electron chi connectivity index (χ0n) is 15.0. The number of rotatable bonds is 6. The molecule has 142 valence electrons. The molecule has 0 saturated heterocycles. The number of aryl methyl sites for hydroxylation is 1. The molecule has 0 unspecified atom stereocenters. The summed E-state index contributed by atoms with van der Waals surface area (Å²) in [6.45, 7) is 1.74. The fraction of sp³-hybridized carbons (Fsp3) is 0.294. The molecule has 0 aliphatic heterocycles. The number of benzene rings is 2. The van der Waals surface area contributed by atoms with Crippen LogP contribution in [0.5, 0.6) is 23.0 Å². The van der Waals surface area contributed by atoms with Crippen molar-refractivity contribution in [1.82, 2.24) is 0 Å². The summed E-state index contributed by atoms with van der Waals surface area (Å²) in [5.74, 6) is 0.610. The molecule has 0 amide bonds. The zero-order valence-corrected chi connectivity index (χ0v) is 16.6. The molecule has 26 heavy (non-hydrogen) atoms. The van der Waals surface area contributed by atoms with Crippen molar-refractivity contribution in [3.8, 4) is 34.1 Å². The fourth-order valence-electron chi connectivity index (χ4n) is 2.74. The number of hydrogen-bond acceptors (Lipinski definition) is 6. The second kappa shape index (κ2) is 7.51. The highest BCUT2D eigenvalue weighted by Gasteiger charge is 2.26. The average Bonchev–Trinajstić information content (AvgIpc) is 2.52. The van der Waals surface area contributed by atoms with Gasteiger partial charge in [0.05, 0.1) is 38.8 Å². The van der Waals surface area contributed by atoms with Gasteiger partial charge in [0.1, 0.15) is 5.75 Å². The fourth-order valence-corrected chi connectivity index (χ4v) is 3.56. The van der Waals surface area contributed by atoms with Crippen molar-refractivity contribution in [3.63, 3.8) is 0 Å². The number of sulfonamides is 1. The van der Waals surface area contributed by atoms with Gasteiger partial charge in [-0.1, -0.05) is 11.6 Å². The number of halogens is 1. The SMILES string of the molecule is COc1cc(NS(C)(=O)=O)c(-c2c(C)cc(Cl)cc2O)c(OC)c1OC. The first-order valence-electron chi connectivity index (χ1n) is 7.43. The van der Waals surface area contributed by atoms with Gasteiger partial charge in [-0.3, -0.25) is 4.72 Å². The second-order valence-corrected chi connectivity index (χ2v) is 7.74. The molecule has 0 aliphatic carbocycles. The van der Waals surface area contributed by atoms with Crippen LogP contribution in [0.1, 0.15) is 5.56 Å². The summed E-state index contributed by atoms with van der Waals surface area (Å²) in [5.41, 5.74) is 1.46. The second-order valence-electron chi connectivity index (χ2n) is 5.56. The first-order valence-corrected chi connectivity index (χ1v) is 9.70. The minimum Gasteiger partial charge on any atom is -0.507 e. The molecule has 0 heterocycles. The Kier molecular flexibility index (Phi) is 5.77. The number of nitrogens with one attached hydrogen (secondary N) is 1. The Morgan fingerprint density at radius 2 is 1.62 bits per heavy atom. The van der Waals surface area contributed by atoms with Crippen LogP contribution in [-0.4, -0.2) is 41.1 Å². The third-order valence-corrected chi connectivity index (χ3v) is 4.46. The lowest BCUT2D eigenvalue weighted by Crippen LogP contribution is -2.12. The van der Waals surface area contributed by atoms with Crippen molar-refractivity contribution in [1.29, 1.82) is 0 Å². The van der Waals surface area contributed by atoms with Gasteiger partial charge in [-0.2, -0.15) is 0 Å². The van der Waals surface area contributed by atoms with Crippen LogP contribution in [-0.2, 0) is 10.0 Å². The monoisotopic (exact) mass is 401 g/mol. The van der Waals surface area contributed by atoms with Gasteiger partial charge in [0.2, 0.25) is 15.8 Å². The van der Waals surface area contributed by atoms with Crippen molar-refractivity contribution >= 4 is 27.3 Å². The van der Waals surface area contributed by atoms with E-state index in [4.69, 9.17) is 25.8 Å². The van der Waals surface area contributed by atoms with Crippen molar-refractivity contribution in [2.24, 2.45) is 0 Å². The number of hydrogen-bond donors (Lipinski definition) is 2. The molecule has 0 aliphatic rings. The molecule has 0 fully saturated rings. The molecule has 0 aromatic heterocycles. The highest BCUT2D eigenvalue weighted by molar-refractivity contribution is 7.92. The quantitative estimate of drug-likeness (QED) is 0.770. The molecule has 0 spiro atoms. The van der Waals surface area contributed by atoms with E-state index in [1.807, 2.05) is 0 Å². The van der Waals surface area contributed by atoms with E-state index in [1.165, 1.54) is 33.5 Å². The molecule has 0 saturated carbocycles. The van der Waals surface area contributed by atoms with E-state index < -0.39 is 10.0 Å². The molecule has 0 radical (unpaired) electrons. The topological polar surface area (TPSA) is 94.1 Å². The highest BCUT2D eigenvalue weighted by atomic mass is 35.5. The van der Waals surface area contributed by atoms with Crippen molar-refractivity contribution < 1.29 is 27.7 Å². The molecule has 7 nitrogen and oxygen atoms in total. The van der Waals surface area contributed by atoms with Crippen LogP contribution in [0.15, 0.2) is 18.2 Å². The van der Waals surface area contributed by atoms with E-state index in [9.17, 15) is 13.5 Å². The predicted octanol–water partition coefficient (Wildman–Crippen LogP) is 3.42. The van der Waals surface area contributed by atoms with Crippen LogP contribution in [0.4, 0.5) is 5.69 Å². The van der Waals surface area contributed by atoms with E-state index in [1.54, 1.807) is 13.0 Å². The number of ether oxygens (including phenoxy) is 3. The summed E-state index contributed by atoms with van der Waals surface area (Å²) in [7, 11) is 0.645. The number of phenolic OH excluding ortho intramolecular Hbond substituents is 1. The van der Waals surface area contributed by atoms with Gasteiger partial charge in [-0.25, -0.2) is 8.42 Å². The normalized spacial score (nSPS) is 11.2. The average molecular weight is 402 g/mol. The first-order chi connectivity index (χ1) is 12.1. The van der Waals surface area contributed by atoms with E-state index in [-0.39, 0.29) is 28.7 Å². The lowest BCUT2D eigenvalue weighted by Gasteiger charge is -2.21. The summed E-state index contributed by atoms with van der Waals surface area (Å²) in [5, 5.41) is 10.8. The Labute approximate surface area is 157 Å². The molecule has 2 rings (SSSR count). The van der Waals surface area contributed by atoms with Crippen LogP contribution in [0.25, 0.3) is 11.1 Å². The van der Waals surface area contributed by atoms with Gasteiger partial charge in [0, 0.05) is 16.7 Å². The maximum absolute atomic E-state index is 11.9. The Balaban J connectivity index is 2.98. The Hall–Kier alpha value is -2.32. The summed E-state index contributed by atoms with van der Waals surface area (Å²) in [6.07, 6.45) is 1.02. The zero-order chi connectivity index (χ0) is 19.6. The molecule has 0 atom stereocenters. The molecule has 0 bridgehead atoms. The van der Waals surface area contributed by atoms with E-state index in [0.29, 0.717) is 21.7 Å². The largest absolute Gasteiger partial charge is 0.507 e. The summed E-state index contributed by atoms with van der Waals surface area (Å²) in [4.78, 5) is 0. The maximum Gasteiger partial charge on any atom is 0.229 e. The van der Waals surface area contributed by atoms with Crippen LogP contribution < -0.4 is 18.9 Å². The number of methoxy groups -OCH3 is 3. The van der Waals surface area contributed by atoms with Gasteiger partial charge in [0.25, 0.3) is 0 Å². The van der Waals surface area contributed by atoms with Crippen LogP contribution in [0.3, 0.4) is 0 Å². The van der Waals surface area contributed by atoms with Crippen molar-refractivity contribution in [3.05, 3.63) is 28.8 Å². The summed E-state index contributed by atoms with van der Waals surface area (Å²) < 4.78 is 42.3. The molecule has 2 aromatic carbocycles. The lowest BCUT2D eigenvalue weighted by atomic mass is 9.96. The third kappa shape index (κ3) is 3.91. The lowest BCUT2D eigenvalue weighted by molar-refractivity contribution is 0.325. The minimum absolute atomic E-state index is 0.128. The number of aromatic hydroxyl groups is 1. The third-order valence-electron chi connectivity index (χ3n) is 3.65. The molecular formula is C17H20ClNO6S. The van der Waals surface area contributed by atoms with Gasteiger partial charge >= 0.3 is 0 Å². The molecular weight excluding hydrogens is 382 g/mol. The maximum atomic E-state index is 11.9. The summed E-state index contributed by atoms with van der Waals surface area (Å²) >= 11 is 5.99. The van der Waals surface area contributed by atoms with Crippen LogP contribution in [0.2, 0.25) is 5.02 Å². The number of phenols is 1. The molecule has 9 heteroatoms. The van der Waals surface area contributed by atoms with Gasteiger partial charge in [-0.15, -0.1) is 0 Å². The predicted molar refractivity (Wildman–Crippen MR) is 101 cm³/mol. The van der Waals surface area contributed by atoms with Gasteiger partial charge < -0.3 is 19.3 Å².